The van der Waals surface area contributed by atoms with Gasteiger partial charge in [-0.15, -0.1) is 0 Å². The van der Waals surface area contributed by atoms with E-state index in [0.717, 1.165) is 0 Å². The van der Waals surface area contributed by atoms with Crippen LogP contribution in [0, 0.1) is 0 Å². The quantitative estimate of drug-likeness (QED) is 0.788. The number of likely N-dealkylation sites (N-methyl/N-ethyl adjacent to an activating group) is 1. The van der Waals surface area contributed by atoms with Gasteiger partial charge >= 0.3 is 5.97 Å². The van der Waals surface area contributed by atoms with Gasteiger partial charge < -0.3 is 15.0 Å². The van der Waals surface area contributed by atoms with Crippen LogP contribution in [0.5, 0.6) is 0 Å². The number of hydrogen-bond acceptors (Lipinski definition) is 4. The average Bonchev–Trinajstić information content (AvgIpc) is 2.64. The molecule has 2 rings (SSSR count). The van der Waals surface area contributed by atoms with Gasteiger partial charge in [-0.05, 0) is 24.3 Å². The molecule has 0 fully saturated rings. The predicted molar refractivity (Wildman–Crippen MR) is 97.8 cm³/mol. The summed E-state index contributed by atoms with van der Waals surface area (Å²) in [6.07, 6.45) is -1.06. The van der Waals surface area contributed by atoms with E-state index in [1.807, 2.05) is 0 Å². The van der Waals surface area contributed by atoms with Crippen molar-refractivity contribution in [3.05, 3.63) is 70.7 Å². The van der Waals surface area contributed by atoms with E-state index in [9.17, 15) is 14.4 Å². The predicted octanol–water partition coefficient (Wildman–Crippen LogP) is 2.44. The van der Waals surface area contributed by atoms with E-state index in [4.69, 9.17) is 16.3 Å². The first-order valence-corrected chi connectivity index (χ1v) is 8.25. The fraction of sp³-hybridized carbons (Fsp3) is 0.211. The molecular formula is C19H19ClN2O4. The van der Waals surface area contributed by atoms with E-state index < -0.39 is 18.0 Å². The summed E-state index contributed by atoms with van der Waals surface area (Å²) in [5, 5.41) is 2.97. The first-order valence-electron chi connectivity index (χ1n) is 7.88. The second-order valence-electron chi connectivity index (χ2n) is 5.70. The summed E-state index contributed by atoms with van der Waals surface area (Å²) in [7, 11) is 3.16. The van der Waals surface area contributed by atoms with Crippen LogP contribution in [0.4, 0.5) is 0 Å². The van der Waals surface area contributed by atoms with Gasteiger partial charge in [-0.25, -0.2) is 0 Å². The summed E-state index contributed by atoms with van der Waals surface area (Å²) in [5.74, 6) is -1.52. The Hall–Kier alpha value is -2.86. The van der Waals surface area contributed by atoms with Crippen LogP contribution >= 0.6 is 11.6 Å². The third-order valence-electron chi connectivity index (χ3n) is 3.52. The molecule has 2 aromatic carbocycles. The maximum Gasteiger partial charge on any atom is 0.326 e. The van der Waals surface area contributed by atoms with Crippen molar-refractivity contribution >= 4 is 29.4 Å². The Morgan fingerprint density at radius 2 is 1.65 bits per heavy atom. The van der Waals surface area contributed by atoms with Crippen molar-refractivity contribution in [3.63, 3.8) is 0 Å². The summed E-state index contributed by atoms with van der Waals surface area (Å²) in [4.78, 5) is 37.8. The van der Waals surface area contributed by atoms with Crippen LogP contribution in [0.2, 0.25) is 5.02 Å². The molecule has 0 bridgehead atoms. The molecule has 0 aliphatic heterocycles. The lowest BCUT2D eigenvalue weighted by molar-refractivity contribution is -0.158. The highest BCUT2D eigenvalue weighted by Gasteiger charge is 2.26. The maximum atomic E-state index is 12.3. The van der Waals surface area contributed by atoms with Crippen LogP contribution in [-0.4, -0.2) is 43.3 Å². The van der Waals surface area contributed by atoms with Crippen molar-refractivity contribution in [3.8, 4) is 0 Å². The van der Waals surface area contributed by atoms with Crippen LogP contribution in [-0.2, 0) is 14.3 Å². The highest BCUT2D eigenvalue weighted by Crippen LogP contribution is 2.19. The maximum absolute atomic E-state index is 12.3. The minimum Gasteiger partial charge on any atom is -0.446 e. The van der Waals surface area contributed by atoms with E-state index in [2.05, 4.69) is 5.32 Å². The van der Waals surface area contributed by atoms with E-state index in [1.165, 1.54) is 4.90 Å². The van der Waals surface area contributed by atoms with Gasteiger partial charge in [0.1, 0.15) is 6.54 Å². The fourth-order valence-corrected chi connectivity index (χ4v) is 2.28. The van der Waals surface area contributed by atoms with Crippen LogP contribution in [0.15, 0.2) is 54.6 Å². The summed E-state index contributed by atoms with van der Waals surface area (Å²) in [6.45, 7) is -0.356. The number of nitrogens with one attached hydrogen (secondary N) is 1. The number of carbonyl (C=O) groups is 3. The SMILES string of the molecule is CN(C)C(=O)[C@H](OC(=O)CNC(=O)c1ccc(Cl)cc1)c1ccccc1. The monoisotopic (exact) mass is 374 g/mol. The van der Waals surface area contributed by atoms with Crippen LogP contribution in [0.25, 0.3) is 0 Å². The van der Waals surface area contributed by atoms with Gasteiger partial charge in [-0.2, -0.15) is 0 Å². The van der Waals surface area contributed by atoms with E-state index in [-0.39, 0.29) is 12.5 Å². The summed E-state index contributed by atoms with van der Waals surface area (Å²) >= 11 is 5.77. The number of halogens is 1. The molecule has 6 nitrogen and oxygen atoms in total. The number of carbonyl (C=O) groups excluding carboxylic acids is 3. The first-order chi connectivity index (χ1) is 12.4. The Morgan fingerprint density at radius 3 is 2.23 bits per heavy atom. The van der Waals surface area contributed by atoms with Crippen molar-refractivity contribution in [2.75, 3.05) is 20.6 Å². The van der Waals surface area contributed by atoms with Crippen molar-refractivity contribution in [2.24, 2.45) is 0 Å². The first kappa shape index (κ1) is 19.5. The second-order valence-corrected chi connectivity index (χ2v) is 6.14. The Balaban J connectivity index is 2.00. The van der Waals surface area contributed by atoms with Crippen molar-refractivity contribution in [1.82, 2.24) is 10.2 Å². The molecule has 1 N–H and O–H groups in total. The normalized spacial score (nSPS) is 11.3. The van der Waals surface area contributed by atoms with Crippen LogP contribution in [0.3, 0.4) is 0 Å². The topological polar surface area (TPSA) is 75.7 Å². The molecule has 2 aromatic rings. The van der Waals surface area contributed by atoms with Gasteiger partial charge in [-0.3, -0.25) is 14.4 Å². The molecule has 0 saturated carbocycles. The third-order valence-corrected chi connectivity index (χ3v) is 3.77. The Labute approximate surface area is 156 Å². The fourth-order valence-electron chi connectivity index (χ4n) is 2.15. The van der Waals surface area contributed by atoms with Gasteiger partial charge in [0.15, 0.2) is 0 Å². The molecule has 0 aliphatic carbocycles. The molecule has 26 heavy (non-hydrogen) atoms. The van der Waals surface area contributed by atoms with E-state index in [1.54, 1.807) is 68.7 Å². The number of rotatable bonds is 6. The largest absolute Gasteiger partial charge is 0.446 e. The zero-order valence-electron chi connectivity index (χ0n) is 14.4. The highest BCUT2D eigenvalue weighted by molar-refractivity contribution is 6.30. The zero-order valence-corrected chi connectivity index (χ0v) is 15.2. The third kappa shape index (κ3) is 5.32. The summed E-state index contributed by atoms with van der Waals surface area (Å²) in [5.41, 5.74) is 0.926. The zero-order chi connectivity index (χ0) is 19.1. The molecule has 0 radical (unpaired) electrons. The average molecular weight is 375 g/mol. The number of hydrogen-bond donors (Lipinski definition) is 1. The molecule has 1 atom stereocenters. The standard InChI is InChI=1S/C19H19ClN2O4/c1-22(2)19(25)17(13-6-4-3-5-7-13)26-16(23)12-21-18(24)14-8-10-15(20)11-9-14/h3-11,17H,12H2,1-2H3,(H,21,24)/t17-/m1/s1. The van der Waals surface area contributed by atoms with Gasteiger partial charge in [-0.1, -0.05) is 41.9 Å². The van der Waals surface area contributed by atoms with Gasteiger partial charge in [0.05, 0.1) is 0 Å². The minimum atomic E-state index is -1.06. The lowest BCUT2D eigenvalue weighted by Crippen LogP contribution is -2.35. The molecule has 7 heteroatoms. The van der Waals surface area contributed by atoms with Crippen LogP contribution in [0.1, 0.15) is 22.0 Å². The van der Waals surface area contributed by atoms with Gasteiger partial charge in [0, 0.05) is 30.2 Å². The lowest BCUT2D eigenvalue weighted by atomic mass is 10.1. The van der Waals surface area contributed by atoms with E-state index >= 15 is 0 Å². The Morgan fingerprint density at radius 1 is 1.04 bits per heavy atom. The molecule has 0 unspecified atom stereocenters. The molecule has 136 valence electrons. The Bertz CT molecular complexity index is 776. The molecule has 0 saturated heterocycles. The smallest absolute Gasteiger partial charge is 0.326 e. The number of nitrogens with zero attached hydrogens (tertiary/aromatic N) is 1. The van der Waals surface area contributed by atoms with Crippen molar-refractivity contribution < 1.29 is 19.1 Å². The molecule has 0 heterocycles. The number of ether oxygens (including phenoxy) is 1. The number of amides is 2. The van der Waals surface area contributed by atoms with E-state index in [0.29, 0.717) is 16.1 Å². The Kier molecular flexibility index (Phi) is 6.74. The summed E-state index contributed by atoms with van der Waals surface area (Å²) < 4.78 is 5.30. The molecule has 0 spiro atoms. The summed E-state index contributed by atoms with van der Waals surface area (Å²) in [6, 6.07) is 15.0. The van der Waals surface area contributed by atoms with Crippen molar-refractivity contribution in [1.29, 1.82) is 0 Å². The lowest BCUT2D eigenvalue weighted by Gasteiger charge is -2.21. The van der Waals surface area contributed by atoms with Gasteiger partial charge in [0.25, 0.3) is 11.8 Å². The molecular weight excluding hydrogens is 356 g/mol. The second kappa shape index (κ2) is 9.01. The van der Waals surface area contributed by atoms with Gasteiger partial charge in [0.2, 0.25) is 6.10 Å². The van der Waals surface area contributed by atoms with Crippen molar-refractivity contribution in [2.45, 2.75) is 6.10 Å². The minimum absolute atomic E-state index is 0.356. The highest BCUT2D eigenvalue weighted by atomic mass is 35.5. The molecule has 2 amide bonds. The number of esters is 1. The number of benzene rings is 2. The molecule has 0 aromatic heterocycles. The van der Waals surface area contributed by atoms with Crippen LogP contribution < -0.4 is 5.32 Å². The molecule has 0 aliphatic rings.